The zero-order chi connectivity index (χ0) is 21.1. The van der Waals surface area contributed by atoms with E-state index in [4.69, 9.17) is 4.74 Å². The Balaban J connectivity index is 1.38. The van der Waals surface area contributed by atoms with Crippen molar-refractivity contribution in [1.29, 1.82) is 0 Å². The van der Waals surface area contributed by atoms with Gasteiger partial charge in [0.25, 0.3) is 10.0 Å². The molecule has 1 aliphatic rings. The first-order valence-corrected chi connectivity index (χ1v) is 11.1. The van der Waals surface area contributed by atoms with E-state index in [1.165, 1.54) is 18.1 Å². The average molecular weight is 425 g/mol. The maximum Gasteiger partial charge on any atom is 0.259 e. The Hall–Kier alpha value is -3.10. The molecule has 0 spiro atoms. The molecule has 0 saturated carbocycles. The summed E-state index contributed by atoms with van der Waals surface area (Å²) in [5, 5.41) is 3.45. The molecule has 1 atom stereocenters. The van der Waals surface area contributed by atoms with Crippen LogP contribution in [0.25, 0.3) is 5.70 Å². The third-order valence-corrected chi connectivity index (χ3v) is 6.32. The number of hydrogen-bond donors (Lipinski definition) is 2. The monoisotopic (exact) mass is 424 g/mol. The van der Waals surface area contributed by atoms with E-state index in [1.807, 2.05) is 36.4 Å². The molecule has 1 aromatic heterocycles. The van der Waals surface area contributed by atoms with Crippen LogP contribution in [-0.2, 0) is 23.5 Å². The van der Waals surface area contributed by atoms with E-state index in [0.29, 0.717) is 5.75 Å². The molecule has 0 saturated heterocycles. The summed E-state index contributed by atoms with van der Waals surface area (Å²) in [6.45, 7) is 4.47. The van der Waals surface area contributed by atoms with Gasteiger partial charge in [-0.3, -0.25) is 0 Å². The van der Waals surface area contributed by atoms with Crippen molar-refractivity contribution in [1.82, 2.24) is 19.6 Å². The highest BCUT2D eigenvalue weighted by Gasteiger charge is 2.25. The summed E-state index contributed by atoms with van der Waals surface area (Å²) >= 11 is 0. The molecular weight excluding hydrogens is 400 g/mol. The summed E-state index contributed by atoms with van der Waals surface area (Å²) in [7, 11) is -1.92. The number of benzene rings is 2. The van der Waals surface area contributed by atoms with E-state index < -0.39 is 10.0 Å². The van der Waals surface area contributed by atoms with Crippen molar-refractivity contribution in [2.24, 2.45) is 7.05 Å². The topological polar surface area (TPSA) is 85.3 Å². The van der Waals surface area contributed by atoms with Crippen molar-refractivity contribution < 1.29 is 13.2 Å². The van der Waals surface area contributed by atoms with Crippen LogP contribution in [0.2, 0.25) is 0 Å². The summed E-state index contributed by atoms with van der Waals surface area (Å²) in [6.07, 6.45) is 3.75. The Bertz CT molecular complexity index is 1160. The largest absolute Gasteiger partial charge is 0.492 e. The zero-order valence-electron chi connectivity index (χ0n) is 16.7. The predicted octanol–water partition coefficient (Wildman–Crippen LogP) is 2.64. The van der Waals surface area contributed by atoms with Gasteiger partial charge in [0.15, 0.2) is 5.03 Å². The van der Waals surface area contributed by atoms with Gasteiger partial charge in [0.1, 0.15) is 12.4 Å². The van der Waals surface area contributed by atoms with Crippen LogP contribution in [-0.4, -0.2) is 31.1 Å². The van der Waals surface area contributed by atoms with Gasteiger partial charge in [-0.05, 0) is 35.7 Å². The average Bonchev–Trinajstić information content (AvgIpc) is 3.30. The molecular formula is C22H24N4O3S. The van der Waals surface area contributed by atoms with Gasteiger partial charge in [0.05, 0.1) is 12.4 Å². The van der Waals surface area contributed by atoms with Crippen LogP contribution in [0.5, 0.6) is 5.75 Å². The first kappa shape index (κ1) is 20.2. The first-order chi connectivity index (χ1) is 14.4. The number of aromatic nitrogens is 2. The van der Waals surface area contributed by atoms with E-state index in [1.54, 1.807) is 11.6 Å². The van der Waals surface area contributed by atoms with E-state index in [0.717, 1.165) is 23.2 Å². The Morgan fingerprint density at radius 2 is 2.03 bits per heavy atom. The summed E-state index contributed by atoms with van der Waals surface area (Å²) < 4.78 is 34.3. The molecule has 7 nitrogen and oxygen atoms in total. The highest BCUT2D eigenvalue weighted by molar-refractivity contribution is 7.89. The smallest absolute Gasteiger partial charge is 0.259 e. The summed E-state index contributed by atoms with van der Waals surface area (Å²) in [5.41, 5.74) is 4.36. The second-order valence-electron chi connectivity index (χ2n) is 7.24. The first-order valence-electron chi connectivity index (χ1n) is 9.66. The summed E-state index contributed by atoms with van der Waals surface area (Å²) in [5.74, 6) is 0.695. The van der Waals surface area contributed by atoms with Crippen LogP contribution in [0, 0.1) is 0 Å². The third kappa shape index (κ3) is 4.39. The molecule has 0 aliphatic carbocycles. The van der Waals surface area contributed by atoms with Crippen molar-refractivity contribution >= 4 is 15.7 Å². The van der Waals surface area contributed by atoms with E-state index >= 15 is 0 Å². The fraction of sp³-hybridized carbons (Fsp3) is 0.227. The predicted molar refractivity (Wildman–Crippen MR) is 115 cm³/mol. The van der Waals surface area contributed by atoms with Gasteiger partial charge in [-0.1, -0.05) is 36.9 Å². The van der Waals surface area contributed by atoms with Crippen LogP contribution < -0.4 is 14.8 Å². The Morgan fingerprint density at radius 1 is 1.23 bits per heavy atom. The number of nitrogens with one attached hydrogen (secondary N) is 2. The fourth-order valence-corrected chi connectivity index (χ4v) is 4.51. The lowest BCUT2D eigenvalue weighted by Gasteiger charge is -2.14. The quantitative estimate of drug-likeness (QED) is 0.543. The molecule has 2 heterocycles. The number of imidazole rings is 1. The van der Waals surface area contributed by atoms with Crippen LogP contribution in [0.4, 0.5) is 0 Å². The second-order valence-corrected chi connectivity index (χ2v) is 8.95. The highest BCUT2D eigenvalue weighted by Crippen LogP contribution is 2.35. The molecule has 3 aromatic rings. The van der Waals surface area contributed by atoms with Crippen LogP contribution >= 0.6 is 0 Å². The van der Waals surface area contributed by atoms with Crippen molar-refractivity contribution in [3.05, 3.63) is 84.3 Å². The SMILES string of the molecule is C=C1NC(Cc2ccccc2)c2cc(OCCNS(=O)(=O)c3cn(C)cn3)ccc21. The molecule has 0 fully saturated rings. The van der Waals surface area contributed by atoms with E-state index in [9.17, 15) is 8.42 Å². The maximum atomic E-state index is 12.2. The molecule has 30 heavy (non-hydrogen) atoms. The van der Waals surface area contributed by atoms with E-state index in [-0.39, 0.29) is 24.2 Å². The number of aryl methyl sites for hydroxylation is 1. The highest BCUT2D eigenvalue weighted by atomic mass is 32.2. The van der Waals surface area contributed by atoms with Crippen molar-refractivity contribution in [2.45, 2.75) is 17.5 Å². The molecule has 156 valence electrons. The number of ether oxygens (including phenoxy) is 1. The normalized spacial score (nSPS) is 15.6. The van der Waals surface area contributed by atoms with Crippen molar-refractivity contribution in [3.63, 3.8) is 0 Å². The molecule has 2 aromatic carbocycles. The minimum Gasteiger partial charge on any atom is -0.492 e. The van der Waals surface area contributed by atoms with Gasteiger partial charge in [-0.25, -0.2) is 18.1 Å². The van der Waals surface area contributed by atoms with Gasteiger partial charge in [-0.15, -0.1) is 0 Å². The molecule has 1 aliphatic heterocycles. The van der Waals surface area contributed by atoms with Crippen LogP contribution in [0.15, 0.2) is 72.7 Å². The van der Waals surface area contributed by atoms with Gasteiger partial charge in [0.2, 0.25) is 0 Å². The molecule has 2 N–H and O–H groups in total. The molecule has 1 unspecified atom stereocenters. The Kier molecular flexibility index (Phi) is 5.61. The number of sulfonamides is 1. The summed E-state index contributed by atoms with van der Waals surface area (Å²) in [4.78, 5) is 3.87. The molecule has 0 bridgehead atoms. The number of rotatable bonds is 8. The van der Waals surface area contributed by atoms with Crippen LogP contribution in [0.1, 0.15) is 22.7 Å². The Morgan fingerprint density at radius 3 is 2.77 bits per heavy atom. The molecule has 0 amide bonds. The van der Waals surface area contributed by atoms with Gasteiger partial charge >= 0.3 is 0 Å². The van der Waals surface area contributed by atoms with Gasteiger partial charge in [-0.2, -0.15) is 0 Å². The molecule has 8 heteroatoms. The lowest BCUT2D eigenvalue weighted by Crippen LogP contribution is -2.28. The molecule has 4 rings (SSSR count). The van der Waals surface area contributed by atoms with E-state index in [2.05, 4.69) is 33.7 Å². The standard InChI is InChI=1S/C22H24N4O3S/c1-16-19-9-8-18(13-20(19)21(25-16)12-17-6-4-3-5-7-17)29-11-10-24-30(27,28)22-14-26(2)15-23-22/h3-9,13-15,21,24-25H,1,10-12H2,2H3. The third-order valence-electron chi connectivity index (χ3n) is 4.97. The number of hydrogen-bond acceptors (Lipinski definition) is 5. The zero-order valence-corrected chi connectivity index (χ0v) is 17.5. The fourth-order valence-electron chi connectivity index (χ4n) is 3.52. The van der Waals surface area contributed by atoms with Crippen molar-refractivity contribution in [2.75, 3.05) is 13.2 Å². The Labute approximate surface area is 176 Å². The second kappa shape index (κ2) is 8.33. The minimum atomic E-state index is -3.64. The lowest BCUT2D eigenvalue weighted by atomic mass is 9.98. The van der Waals surface area contributed by atoms with Gasteiger partial charge in [0, 0.05) is 31.0 Å². The maximum absolute atomic E-state index is 12.2. The molecule has 0 radical (unpaired) electrons. The van der Waals surface area contributed by atoms with Crippen LogP contribution in [0.3, 0.4) is 0 Å². The lowest BCUT2D eigenvalue weighted by molar-refractivity contribution is 0.322. The van der Waals surface area contributed by atoms with Gasteiger partial charge < -0.3 is 14.6 Å². The minimum absolute atomic E-state index is 0.00382. The number of fused-ring (bicyclic) bond motifs is 1. The van der Waals surface area contributed by atoms with Crippen molar-refractivity contribution in [3.8, 4) is 5.75 Å². The number of nitrogens with zero attached hydrogens (tertiary/aromatic N) is 2. The summed E-state index contributed by atoms with van der Waals surface area (Å²) in [6, 6.07) is 16.3.